The maximum atomic E-state index is 12.7. The van der Waals surface area contributed by atoms with Gasteiger partial charge in [0.15, 0.2) is 11.5 Å². The van der Waals surface area contributed by atoms with Crippen molar-refractivity contribution in [2.45, 2.75) is 18.9 Å². The quantitative estimate of drug-likeness (QED) is 0.794. The summed E-state index contributed by atoms with van der Waals surface area (Å²) in [6.45, 7) is 2.77. The van der Waals surface area contributed by atoms with Crippen LogP contribution in [-0.2, 0) is 9.53 Å². The molecule has 0 radical (unpaired) electrons. The standard InChI is InChI=1S/C17H19ClN2O5/c18-12-8-11(9-14-15(12)25-10-24-14)16(21)19-3-5-20(6-4-19)17(22)13-2-1-7-23-13/h8-9,13H,1-7,10H2. The first kappa shape index (κ1) is 16.5. The first-order chi connectivity index (χ1) is 12.1. The zero-order valence-corrected chi connectivity index (χ0v) is 14.5. The minimum atomic E-state index is -0.310. The van der Waals surface area contributed by atoms with Gasteiger partial charge in [0, 0.05) is 38.3 Å². The van der Waals surface area contributed by atoms with Crippen molar-refractivity contribution in [1.82, 2.24) is 9.80 Å². The van der Waals surface area contributed by atoms with Crippen LogP contribution in [0.25, 0.3) is 0 Å². The predicted octanol–water partition coefficient (Wildman–Crippen LogP) is 1.53. The third-order valence-electron chi connectivity index (χ3n) is 4.76. The zero-order chi connectivity index (χ0) is 17.4. The van der Waals surface area contributed by atoms with Crippen molar-refractivity contribution in [3.05, 3.63) is 22.7 Å². The summed E-state index contributed by atoms with van der Waals surface area (Å²) < 4.78 is 16.0. The van der Waals surface area contributed by atoms with Crippen molar-refractivity contribution in [2.24, 2.45) is 0 Å². The van der Waals surface area contributed by atoms with Crippen molar-refractivity contribution < 1.29 is 23.8 Å². The number of hydrogen-bond donors (Lipinski definition) is 0. The molecule has 134 valence electrons. The molecule has 1 unspecified atom stereocenters. The molecule has 25 heavy (non-hydrogen) atoms. The summed E-state index contributed by atoms with van der Waals surface area (Å²) in [7, 11) is 0. The number of fused-ring (bicyclic) bond motifs is 1. The number of rotatable bonds is 2. The van der Waals surface area contributed by atoms with Crippen molar-refractivity contribution in [3.63, 3.8) is 0 Å². The molecule has 0 N–H and O–H groups in total. The molecular formula is C17H19ClN2O5. The van der Waals surface area contributed by atoms with E-state index in [2.05, 4.69) is 0 Å². The lowest BCUT2D eigenvalue weighted by atomic mass is 10.1. The highest BCUT2D eigenvalue weighted by atomic mass is 35.5. The topological polar surface area (TPSA) is 68.3 Å². The molecule has 8 heteroatoms. The zero-order valence-electron chi connectivity index (χ0n) is 13.7. The van der Waals surface area contributed by atoms with Gasteiger partial charge in [-0.1, -0.05) is 11.6 Å². The van der Waals surface area contributed by atoms with Crippen LogP contribution in [-0.4, -0.2) is 67.3 Å². The predicted molar refractivity (Wildman–Crippen MR) is 89.0 cm³/mol. The Morgan fingerprint density at radius 1 is 1.08 bits per heavy atom. The molecule has 0 bridgehead atoms. The van der Waals surface area contributed by atoms with E-state index in [0.29, 0.717) is 54.9 Å². The average Bonchev–Trinajstić information content (AvgIpc) is 3.32. The van der Waals surface area contributed by atoms with E-state index in [1.165, 1.54) is 0 Å². The lowest BCUT2D eigenvalue weighted by Gasteiger charge is -2.35. The number of halogens is 1. The molecular weight excluding hydrogens is 348 g/mol. The molecule has 0 aromatic heterocycles. The summed E-state index contributed by atoms with van der Waals surface area (Å²) in [6, 6.07) is 3.25. The Hall–Kier alpha value is -1.99. The fourth-order valence-electron chi connectivity index (χ4n) is 3.38. The van der Waals surface area contributed by atoms with Gasteiger partial charge in [0.2, 0.25) is 6.79 Å². The SMILES string of the molecule is O=C(c1cc(Cl)c2c(c1)OCO2)N1CCN(C(=O)C2CCCO2)CC1. The van der Waals surface area contributed by atoms with E-state index in [0.717, 1.165) is 12.8 Å². The van der Waals surface area contributed by atoms with Crippen molar-refractivity contribution in [2.75, 3.05) is 39.6 Å². The van der Waals surface area contributed by atoms with Crippen LogP contribution < -0.4 is 9.47 Å². The Balaban J connectivity index is 1.40. The number of carbonyl (C=O) groups excluding carboxylic acids is 2. The fourth-order valence-corrected chi connectivity index (χ4v) is 3.64. The third-order valence-corrected chi connectivity index (χ3v) is 5.04. The maximum Gasteiger partial charge on any atom is 0.254 e. The van der Waals surface area contributed by atoms with Gasteiger partial charge >= 0.3 is 0 Å². The molecule has 4 rings (SSSR count). The molecule has 3 heterocycles. The molecule has 0 spiro atoms. The Morgan fingerprint density at radius 3 is 2.56 bits per heavy atom. The van der Waals surface area contributed by atoms with E-state index < -0.39 is 0 Å². The highest BCUT2D eigenvalue weighted by Crippen LogP contribution is 2.40. The first-order valence-electron chi connectivity index (χ1n) is 8.42. The summed E-state index contributed by atoms with van der Waals surface area (Å²) in [5, 5.41) is 0.366. The van der Waals surface area contributed by atoms with Gasteiger partial charge in [-0.2, -0.15) is 0 Å². The first-order valence-corrected chi connectivity index (χ1v) is 8.80. The number of benzene rings is 1. The van der Waals surface area contributed by atoms with Crippen LogP contribution in [0, 0.1) is 0 Å². The van der Waals surface area contributed by atoms with E-state index in [1.54, 1.807) is 21.9 Å². The van der Waals surface area contributed by atoms with E-state index in [-0.39, 0.29) is 24.7 Å². The number of nitrogens with zero attached hydrogens (tertiary/aromatic N) is 2. The molecule has 0 aliphatic carbocycles. The second kappa shape index (κ2) is 6.72. The Labute approximate surface area is 150 Å². The lowest BCUT2D eigenvalue weighted by Crippen LogP contribution is -2.52. The van der Waals surface area contributed by atoms with Gasteiger partial charge in [-0.3, -0.25) is 9.59 Å². The second-order valence-electron chi connectivity index (χ2n) is 6.31. The molecule has 7 nitrogen and oxygen atoms in total. The summed E-state index contributed by atoms with van der Waals surface area (Å²) in [5.41, 5.74) is 0.466. The van der Waals surface area contributed by atoms with Crippen LogP contribution in [0.2, 0.25) is 5.02 Å². The largest absolute Gasteiger partial charge is 0.454 e. The maximum absolute atomic E-state index is 12.7. The number of ether oxygens (including phenoxy) is 3. The molecule has 2 fully saturated rings. The number of amides is 2. The van der Waals surface area contributed by atoms with Crippen LogP contribution in [0.3, 0.4) is 0 Å². The minimum Gasteiger partial charge on any atom is -0.454 e. The number of carbonyl (C=O) groups is 2. The molecule has 2 saturated heterocycles. The molecule has 0 saturated carbocycles. The molecule has 3 aliphatic rings. The van der Waals surface area contributed by atoms with Gasteiger partial charge in [-0.15, -0.1) is 0 Å². The normalized spacial score (nSPS) is 22.4. The summed E-state index contributed by atoms with van der Waals surface area (Å²) in [4.78, 5) is 28.6. The van der Waals surface area contributed by atoms with Gasteiger partial charge in [0.1, 0.15) is 6.10 Å². The molecule has 1 aromatic carbocycles. The second-order valence-corrected chi connectivity index (χ2v) is 6.72. The summed E-state index contributed by atoms with van der Waals surface area (Å²) >= 11 is 6.15. The number of hydrogen-bond acceptors (Lipinski definition) is 5. The van der Waals surface area contributed by atoms with Crippen LogP contribution >= 0.6 is 11.6 Å². The van der Waals surface area contributed by atoms with Crippen LogP contribution in [0.5, 0.6) is 11.5 Å². The van der Waals surface area contributed by atoms with E-state index >= 15 is 0 Å². The van der Waals surface area contributed by atoms with Gasteiger partial charge in [0.25, 0.3) is 11.8 Å². The highest BCUT2D eigenvalue weighted by Gasteiger charge is 2.32. The average molecular weight is 367 g/mol. The van der Waals surface area contributed by atoms with Gasteiger partial charge in [-0.25, -0.2) is 0 Å². The minimum absolute atomic E-state index is 0.0377. The Bertz CT molecular complexity index is 697. The Kier molecular flexibility index (Phi) is 4.43. The van der Waals surface area contributed by atoms with Crippen LogP contribution in [0.4, 0.5) is 0 Å². The van der Waals surface area contributed by atoms with Crippen molar-refractivity contribution in [1.29, 1.82) is 0 Å². The lowest BCUT2D eigenvalue weighted by molar-refractivity contribution is -0.142. The molecule has 1 aromatic rings. The van der Waals surface area contributed by atoms with Crippen LogP contribution in [0.15, 0.2) is 12.1 Å². The van der Waals surface area contributed by atoms with Crippen LogP contribution in [0.1, 0.15) is 23.2 Å². The molecule has 3 aliphatic heterocycles. The van der Waals surface area contributed by atoms with E-state index in [9.17, 15) is 9.59 Å². The fraction of sp³-hybridized carbons (Fsp3) is 0.529. The number of piperazine rings is 1. The van der Waals surface area contributed by atoms with Gasteiger partial charge < -0.3 is 24.0 Å². The van der Waals surface area contributed by atoms with E-state index in [4.69, 9.17) is 25.8 Å². The summed E-state index contributed by atoms with van der Waals surface area (Å²) in [6.07, 6.45) is 1.41. The smallest absolute Gasteiger partial charge is 0.254 e. The highest BCUT2D eigenvalue weighted by molar-refractivity contribution is 6.32. The summed E-state index contributed by atoms with van der Waals surface area (Å²) in [5.74, 6) is 0.883. The van der Waals surface area contributed by atoms with E-state index in [1.807, 2.05) is 0 Å². The monoisotopic (exact) mass is 366 g/mol. The third kappa shape index (κ3) is 3.14. The Morgan fingerprint density at radius 2 is 1.84 bits per heavy atom. The van der Waals surface area contributed by atoms with Crippen molar-refractivity contribution in [3.8, 4) is 11.5 Å². The molecule has 2 amide bonds. The molecule has 1 atom stereocenters. The van der Waals surface area contributed by atoms with Gasteiger partial charge in [0.05, 0.1) is 5.02 Å². The van der Waals surface area contributed by atoms with Crippen molar-refractivity contribution >= 4 is 23.4 Å². The van der Waals surface area contributed by atoms with Gasteiger partial charge in [-0.05, 0) is 25.0 Å².